The van der Waals surface area contributed by atoms with Gasteiger partial charge in [-0.1, -0.05) is 162 Å². The van der Waals surface area contributed by atoms with Gasteiger partial charge in [-0.05, 0) is 5.92 Å². The maximum absolute atomic E-state index is 3.92. The van der Waals surface area contributed by atoms with Gasteiger partial charge in [-0.15, -0.1) is 0 Å². The van der Waals surface area contributed by atoms with E-state index in [1.165, 1.54) is 128 Å². The Morgan fingerprint density at radius 1 is 0.385 bits per heavy atom. The second-order valence-electron chi connectivity index (χ2n) is 8.75. The zero-order chi connectivity index (χ0) is 19.1. The smallest absolute Gasteiger partial charge is 0.0443 e. The minimum atomic E-state index is 0.955. The summed E-state index contributed by atoms with van der Waals surface area (Å²) >= 11 is 0. The largest absolute Gasteiger partial charge is 0.0625 e. The fraction of sp³-hybridized carbons (Fsp3) is 0.923. The van der Waals surface area contributed by atoms with E-state index in [4.69, 9.17) is 0 Å². The zero-order valence-electron chi connectivity index (χ0n) is 18.5. The molecular weight excluding hydrogens is 312 g/mol. The molecular formula is C26H52. The van der Waals surface area contributed by atoms with E-state index >= 15 is 0 Å². The average Bonchev–Trinajstić information content (AvgIpc) is 2.65. The van der Waals surface area contributed by atoms with E-state index in [-0.39, 0.29) is 0 Å². The van der Waals surface area contributed by atoms with Crippen molar-refractivity contribution in [2.45, 2.75) is 148 Å². The summed E-state index contributed by atoms with van der Waals surface area (Å²) < 4.78 is 0. The van der Waals surface area contributed by atoms with Crippen LogP contribution >= 0.6 is 0 Å². The molecule has 0 nitrogen and oxygen atoms in total. The summed E-state index contributed by atoms with van der Waals surface area (Å²) in [6.45, 7) is 10.3. The SMILES string of the molecule is [CH2]CCCCCCCCCCCCCCCC(C)CCCCCCC[CH2]. The van der Waals surface area contributed by atoms with Crippen LogP contribution in [0.4, 0.5) is 0 Å². The summed E-state index contributed by atoms with van der Waals surface area (Å²) in [7, 11) is 0. The predicted molar refractivity (Wildman–Crippen MR) is 121 cm³/mol. The quantitative estimate of drug-likeness (QED) is 0.168. The first kappa shape index (κ1) is 26.0. The maximum atomic E-state index is 3.92. The standard InChI is InChI=1S/C26H52/c1-4-6-8-10-12-13-14-15-16-17-18-19-21-23-25-26(3)24-22-20-11-9-7-5-2/h26H,1-2,4-25H2,3H3. The van der Waals surface area contributed by atoms with Gasteiger partial charge in [0.25, 0.3) is 0 Å². The summed E-state index contributed by atoms with van der Waals surface area (Å²) in [6.07, 6.45) is 31.1. The molecule has 0 heteroatoms. The number of rotatable bonds is 22. The molecule has 0 N–H and O–H groups in total. The molecule has 0 spiro atoms. The van der Waals surface area contributed by atoms with Gasteiger partial charge in [0, 0.05) is 0 Å². The van der Waals surface area contributed by atoms with E-state index in [9.17, 15) is 0 Å². The van der Waals surface area contributed by atoms with Crippen LogP contribution in [0.25, 0.3) is 0 Å². The van der Waals surface area contributed by atoms with Crippen molar-refractivity contribution in [3.8, 4) is 0 Å². The Labute approximate surface area is 168 Å². The van der Waals surface area contributed by atoms with Gasteiger partial charge in [0.15, 0.2) is 0 Å². The highest BCUT2D eigenvalue weighted by Crippen LogP contribution is 2.19. The van der Waals surface area contributed by atoms with Crippen LogP contribution in [0.15, 0.2) is 0 Å². The molecule has 0 rings (SSSR count). The van der Waals surface area contributed by atoms with E-state index in [0.717, 1.165) is 18.8 Å². The van der Waals surface area contributed by atoms with Crippen molar-refractivity contribution in [2.24, 2.45) is 5.92 Å². The van der Waals surface area contributed by atoms with Gasteiger partial charge < -0.3 is 0 Å². The Bertz CT molecular complexity index is 232. The van der Waals surface area contributed by atoms with Crippen molar-refractivity contribution >= 4 is 0 Å². The van der Waals surface area contributed by atoms with Crippen LogP contribution in [0, 0.1) is 19.8 Å². The molecule has 0 amide bonds. The Morgan fingerprint density at radius 3 is 0.885 bits per heavy atom. The molecule has 0 aliphatic carbocycles. The molecule has 1 unspecified atom stereocenters. The fourth-order valence-electron chi connectivity index (χ4n) is 3.96. The van der Waals surface area contributed by atoms with Crippen LogP contribution in [-0.4, -0.2) is 0 Å². The van der Waals surface area contributed by atoms with Crippen molar-refractivity contribution < 1.29 is 0 Å². The molecule has 0 aliphatic heterocycles. The third kappa shape index (κ3) is 22.0. The number of hydrogen-bond acceptors (Lipinski definition) is 0. The minimum absolute atomic E-state index is 0.955. The molecule has 2 radical (unpaired) electrons. The van der Waals surface area contributed by atoms with Crippen molar-refractivity contribution in [1.29, 1.82) is 0 Å². The predicted octanol–water partition coefficient (Wildman–Crippen LogP) is 9.87. The minimum Gasteiger partial charge on any atom is -0.0625 e. The lowest BCUT2D eigenvalue weighted by molar-refractivity contribution is 0.431. The summed E-state index contributed by atoms with van der Waals surface area (Å²) in [4.78, 5) is 0. The Balaban J connectivity index is 3.09. The molecule has 0 aromatic heterocycles. The first-order valence-electron chi connectivity index (χ1n) is 12.4. The van der Waals surface area contributed by atoms with Crippen molar-refractivity contribution in [1.82, 2.24) is 0 Å². The molecule has 0 saturated carbocycles. The van der Waals surface area contributed by atoms with Gasteiger partial charge in [0.1, 0.15) is 0 Å². The van der Waals surface area contributed by atoms with Crippen LogP contribution in [-0.2, 0) is 0 Å². The number of hydrogen-bond donors (Lipinski definition) is 0. The van der Waals surface area contributed by atoms with Gasteiger partial charge in [-0.25, -0.2) is 0 Å². The number of unbranched alkanes of at least 4 members (excludes halogenated alkanes) is 18. The molecule has 0 bridgehead atoms. The lowest BCUT2D eigenvalue weighted by Crippen LogP contribution is -1.95. The van der Waals surface area contributed by atoms with Crippen molar-refractivity contribution in [2.75, 3.05) is 0 Å². The summed E-state index contributed by atoms with van der Waals surface area (Å²) in [5.74, 6) is 0.955. The van der Waals surface area contributed by atoms with E-state index in [0.29, 0.717) is 0 Å². The zero-order valence-corrected chi connectivity index (χ0v) is 18.5. The van der Waals surface area contributed by atoms with E-state index < -0.39 is 0 Å². The van der Waals surface area contributed by atoms with Crippen LogP contribution in [0.3, 0.4) is 0 Å². The topological polar surface area (TPSA) is 0 Å². The highest BCUT2D eigenvalue weighted by Gasteiger charge is 2.02. The van der Waals surface area contributed by atoms with Gasteiger partial charge >= 0.3 is 0 Å². The van der Waals surface area contributed by atoms with Crippen LogP contribution in [0.2, 0.25) is 0 Å². The van der Waals surface area contributed by atoms with Crippen molar-refractivity contribution in [3.63, 3.8) is 0 Å². The van der Waals surface area contributed by atoms with Gasteiger partial charge in [-0.2, -0.15) is 0 Å². The van der Waals surface area contributed by atoms with Crippen molar-refractivity contribution in [3.05, 3.63) is 13.8 Å². The molecule has 0 heterocycles. The molecule has 156 valence electrons. The monoisotopic (exact) mass is 364 g/mol. The van der Waals surface area contributed by atoms with Gasteiger partial charge in [-0.3, -0.25) is 0 Å². The lowest BCUT2D eigenvalue weighted by Gasteiger charge is -2.11. The first-order valence-corrected chi connectivity index (χ1v) is 12.4. The summed E-state index contributed by atoms with van der Waals surface area (Å²) in [5, 5.41) is 0. The van der Waals surface area contributed by atoms with Gasteiger partial charge in [0.05, 0.1) is 0 Å². The third-order valence-electron chi connectivity index (χ3n) is 5.89. The second-order valence-corrected chi connectivity index (χ2v) is 8.75. The Hall–Kier alpha value is 0. The molecule has 0 aliphatic rings. The average molecular weight is 365 g/mol. The second kappa shape index (κ2) is 23.0. The maximum Gasteiger partial charge on any atom is -0.0443 e. The first-order chi connectivity index (χ1) is 12.8. The van der Waals surface area contributed by atoms with E-state index in [2.05, 4.69) is 20.8 Å². The van der Waals surface area contributed by atoms with Crippen LogP contribution in [0.5, 0.6) is 0 Å². The lowest BCUT2D eigenvalue weighted by atomic mass is 9.96. The summed E-state index contributed by atoms with van der Waals surface area (Å²) in [5.41, 5.74) is 0. The molecule has 0 fully saturated rings. The normalized spacial score (nSPS) is 12.6. The van der Waals surface area contributed by atoms with E-state index in [1.807, 2.05) is 0 Å². The Morgan fingerprint density at radius 2 is 0.615 bits per heavy atom. The Kier molecular flexibility index (Phi) is 23.0. The molecule has 0 aromatic rings. The highest BCUT2D eigenvalue weighted by atomic mass is 14.1. The fourth-order valence-corrected chi connectivity index (χ4v) is 3.96. The van der Waals surface area contributed by atoms with Crippen LogP contribution < -0.4 is 0 Å². The third-order valence-corrected chi connectivity index (χ3v) is 5.89. The van der Waals surface area contributed by atoms with E-state index in [1.54, 1.807) is 0 Å². The molecule has 0 saturated heterocycles. The van der Waals surface area contributed by atoms with Gasteiger partial charge in [0.2, 0.25) is 0 Å². The highest BCUT2D eigenvalue weighted by molar-refractivity contribution is 4.56. The van der Waals surface area contributed by atoms with Crippen LogP contribution in [0.1, 0.15) is 148 Å². The molecule has 1 atom stereocenters. The summed E-state index contributed by atoms with van der Waals surface area (Å²) in [6, 6.07) is 0. The molecule has 0 aromatic carbocycles. The molecule has 26 heavy (non-hydrogen) atoms.